The van der Waals surface area contributed by atoms with Crippen molar-refractivity contribution in [1.82, 2.24) is 20.3 Å². The maximum absolute atomic E-state index is 12.6. The molecule has 4 N–H and O–H groups in total. The first-order chi connectivity index (χ1) is 12.9. The summed E-state index contributed by atoms with van der Waals surface area (Å²) in [5.74, 6) is -2.79. The number of fused-ring (bicyclic) bond motifs is 1. The van der Waals surface area contributed by atoms with Crippen LogP contribution >= 0.6 is 11.3 Å². The Morgan fingerprint density at radius 1 is 1.59 bits per heavy atom. The molecule has 1 fully saturated rings. The van der Waals surface area contributed by atoms with Crippen LogP contribution in [0.25, 0.3) is 0 Å². The van der Waals surface area contributed by atoms with E-state index in [1.54, 1.807) is 6.07 Å². The van der Waals surface area contributed by atoms with E-state index < -0.39 is 29.5 Å². The van der Waals surface area contributed by atoms with Crippen molar-refractivity contribution < 1.29 is 24.3 Å². The van der Waals surface area contributed by atoms with Crippen LogP contribution < -0.4 is 11.1 Å². The van der Waals surface area contributed by atoms with E-state index in [4.69, 9.17) is 11.0 Å². The van der Waals surface area contributed by atoms with Crippen molar-refractivity contribution in [2.24, 2.45) is 5.16 Å². The number of nitrogens with two attached hydrogens (primary N) is 1. The van der Waals surface area contributed by atoms with Crippen molar-refractivity contribution in [3.8, 4) is 6.07 Å². The lowest BCUT2D eigenvalue weighted by molar-refractivity contribution is -0.143. The molecule has 12 nitrogen and oxygen atoms in total. The molecule has 140 valence electrons. The fourth-order valence-corrected chi connectivity index (χ4v) is 3.31. The molecule has 0 aromatic carbocycles. The Kier molecular flexibility index (Phi) is 4.75. The van der Waals surface area contributed by atoms with Gasteiger partial charge in [0.15, 0.2) is 16.5 Å². The van der Waals surface area contributed by atoms with E-state index in [-0.39, 0.29) is 35.2 Å². The summed E-state index contributed by atoms with van der Waals surface area (Å²) in [4.78, 5) is 45.1. The van der Waals surface area contributed by atoms with Crippen molar-refractivity contribution in [3.05, 3.63) is 22.3 Å². The fourth-order valence-electron chi connectivity index (χ4n) is 2.76. The van der Waals surface area contributed by atoms with Crippen LogP contribution in [0.15, 0.2) is 21.8 Å². The lowest BCUT2D eigenvalue weighted by Crippen LogP contribution is -2.46. The third-order valence-corrected chi connectivity index (χ3v) is 4.50. The van der Waals surface area contributed by atoms with Crippen LogP contribution in [0.1, 0.15) is 5.69 Å². The van der Waals surface area contributed by atoms with Gasteiger partial charge in [0.05, 0.1) is 18.2 Å². The smallest absolute Gasteiger partial charge is 0.355 e. The van der Waals surface area contributed by atoms with E-state index in [9.17, 15) is 19.5 Å². The monoisotopic (exact) mass is 391 g/mol. The summed E-state index contributed by atoms with van der Waals surface area (Å²) in [5.41, 5.74) is 5.13. The van der Waals surface area contributed by atoms with Gasteiger partial charge in [-0.2, -0.15) is 5.26 Å². The van der Waals surface area contributed by atoms with Crippen molar-refractivity contribution in [2.75, 3.05) is 25.9 Å². The molecule has 2 aliphatic heterocycles. The Balaban J connectivity index is 1.80. The SMILES string of the molecule is CON=C(C(=O)N[C@@H]1CN2CC(C#N)=C(C(=O)O)N2C1=O)c1csc(N)n1. The van der Waals surface area contributed by atoms with Gasteiger partial charge in [-0.25, -0.2) is 19.8 Å². The van der Waals surface area contributed by atoms with Crippen molar-refractivity contribution in [2.45, 2.75) is 6.04 Å². The first kappa shape index (κ1) is 18.3. The van der Waals surface area contributed by atoms with Crippen LogP contribution in [0.3, 0.4) is 0 Å². The van der Waals surface area contributed by atoms with Gasteiger partial charge in [0.1, 0.15) is 18.8 Å². The first-order valence-corrected chi connectivity index (χ1v) is 8.34. The van der Waals surface area contributed by atoms with Gasteiger partial charge >= 0.3 is 5.97 Å². The highest BCUT2D eigenvalue weighted by molar-refractivity contribution is 7.13. The molecule has 0 aliphatic carbocycles. The summed E-state index contributed by atoms with van der Waals surface area (Å²) in [6.07, 6.45) is 0. The molecule has 0 spiro atoms. The van der Waals surface area contributed by atoms with E-state index in [1.165, 1.54) is 17.5 Å². The minimum Gasteiger partial charge on any atom is -0.476 e. The molecule has 2 aliphatic rings. The molecule has 3 heterocycles. The number of hydrogen-bond acceptors (Lipinski definition) is 10. The molecule has 0 saturated carbocycles. The van der Waals surface area contributed by atoms with Crippen LogP contribution in [0.5, 0.6) is 0 Å². The molecule has 27 heavy (non-hydrogen) atoms. The molecular formula is C14H13N7O5S. The average molecular weight is 391 g/mol. The maximum Gasteiger partial charge on any atom is 0.355 e. The number of nitrogen functional groups attached to an aromatic ring is 1. The van der Waals surface area contributed by atoms with E-state index in [2.05, 4.69) is 20.3 Å². The Morgan fingerprint density at radius 2 is 2.33 bits per heavy atom. The van der Waals surface area contributed by atoms with Gasteiger partial charge in [-0.3, -0.25) is 9.59 Å². The van der Waals surface area contributed by atoms with E-state index >= 15 is 0 Å². The number of hydrogen-bond donors (Lipinski definition) is 3. The third kappa shape index (κ3) is 3.18. The number of carbonyl (C=O) groups is 3. The highest BCUT2D eigenvalue weighted by atomic mass is 32.1. The number of nitrogens with one attached hydrogen (secondary N) is 1. The molecule has 1 saturated heterocycles. The second-order valence-corrected chi connectivity index (χ2v) is 6.35. The number of aliphatic carboxylic acids is 1. The van der Waals surface area contributed by atoms with Crippen LogP contribution in [-0.2, 0) is 19.2 Å². The zero-order valence-electron chi connectivity index (χ0n) is 13.9. The van der Waals surface area contributed by atoms with Gasteiger partial charge in [-0.1, -0.05) is 5.16 Å². The Labute approximate surface area is 156 Å². The second kappa shape index (κ2) is 7.02. The predicted octanol–water partition coefficient (Wildman–Crippen LogP) is -1.50. The van der Waals surface area contributed by atoms with E-state index in [0.717, 1.165) is 16.3 Å². The van der Waals surface area contributed by atoms with Gasteiger partial charge in [-0.05, 0) is 0 Å². The minimum atomic E-state index is -1.39. The molecule has 1 aromatic heterocycles. The highest BCUT2D eigenvalue weighted by Crippen LogP contribution is 2.29. The summed E-state index contributed by atoms with van der Waals surface area (Å²) in [6, 6.07) is 0.757. The lowest BCUT2D eigenvalue weighted by Gasteiger charge is -2.18. The average Bonchev–Trinajstić information content (AvgIpc) is 3.28. The molecule has 13 heteroatoms. The number of nitriles is 1. The zero-order chi connectivity index (χ0) is 19.7. The summed E-state index contributed by atoms with van der Waals surface area (Å²) in [7, 11) is 1.25. The number of oxime groups is 1. The molecule has 1 aromatic rings. The largest absolute Gasteiger partial charge is 0.476 e. The highest BCUT2D eigenvalue weighted by Gasteiger charge is 2.48. The fraction of sp³-hybridized carbons (Fsp3) is 0.286. The quantitative estimate of drug-likeness (QED) is 0.398. The normalized spacial score (nSPS) is 19.9. The van der Waals surface area contributed by atoms with Crippen molar-refractivity contribution in [3.63, 3.8) is 0 Å². The molecule has 2 amide bonds. The zero-order valence-corrected chi connectivity index (χ0v) is 14.7. The standard InChI is InChI=1S/C14H13N7O5S/c1-26-19-9(8-5-27-14(16)18-8)11(22)17-7-4-20-3-6(2-15)10(13(24)25)21(20)12(7)23/h5,7H,3-4H2,1H3,(H2,16,18)(H,17,22)(H,24,25)/t7-/m1/s1. The van der Waals surface area contributed by atoms with Crippen molar-refractivity contribution >= 4 is 40.0 Å². The van der Waals surface area contributed by atoms with Gasteiger partial charge in [-0.15, -0.1) is 11.3 Å². The summed E-state index contributed by atoms with van der Waals surface area (Å²) in [5, 5.41) is 28.5. The number of carbonyl (C=O) groups excluding carboxylic acids is 2. The van der Waals surface area contributed by atoms with Crippen LogP contribution in [-0.4, -0.2) is 69.8 Å². The van der Waals surface area contributed by atoms with E-state index in [0.29, 0.717) is 0 Å². The number of carboxylic acid groups (broad SMARTS) is 1. The molecule has 0 bridgehead atoms. The third-order valence-electron chi connectivity index (χ3n) is 3.83. The van der Waals surface area contributed by atoms with Gasteiger partial charge in [0, 0.05) is 11.9 Å². The number of aromatic nitrogens is 1. The molecule has 0 radical (unpaired) electrons. The van der Waals surface area contributed by atoms with Crippen LogP contribution in [0.2, 0.25) is 0 Å². The Hall–Kier alpha value is -3.50. The number of thiazole rings is 1. The number of carboxylic acids is 1. The number of amides is 2. The number of anilines is 1. The second-order valence-electron chi connectivity index (χ2n) is 5.46. The maximum atomic E-state index is 12.6. The minimum absolute atomic E-state index is 0.00595. The predicted molar refractivity (Wildman–Crippen MR) is 90.7 cm³/mol. The van der Waals surface area contributed by atoms with Crippen molar-refractivity contribution in [1.29, 1.82) is 5.26 Å². The van der Waals surface area contributed by atoms with Crippen LogP contribution in [0, 0.1) is 11.3 Å². The number of nitrogens with zero attached hydrogens (tertiary/aromatic N) is 5. The van der Waals surface area contributed by atoms with Gasteiger partial charge in [0.2, 0.25) is 0 Å². The van der Waals surface area contributed by atoms with Crippen LogP contribution in [0.4, 0.5) is 5.13 Å². The summed E-state index contributed by atoms with van der Waals surface area (Å²) >= 11 is 1.10. The summed E-state index contributed by atoms with van der Waals surface area (Å²) < 4.78 is 0. The summed E-state index contributed by atoms with van der Waals surface area (Å²) in [6.45, 7) is -0.0239. The Morgan fingerprint density at radius 3 is 2.89 bits per heavy atom. The lowest BCUT2D eigenvalue weighted by atomic mass is 10.2. The van der Waals surface area contributed by atoms with Gasteiger partial charge < -0.3 is 21.0 Å². The molecule has 3 rings (SSSR count). The van der Waals surface area contributed by atoms with Gasteiger partial charge in [0.25, 0.3) is 11.8 Å². The van der Waals surface area contributed by atoms with E-state index in [1.807, 2.05) is 0 Å². The molecule has 0 unspecified atom stereocenters. The first-order valence-electron chi connectivity index (χ1n) is 7.46. The number of hydrazine groups is 1. The Bertz CT molecular complexity index is 931. The molecule has 1 atom stereocenters. The number of rotatable bonds is 5. The topological polar surface area (TPSA) is 174 Å². The molecular weight excluding hydrogens is 378 g/mol.